The van der Waals surface area contributed by atoms with E-state index in [1.54, 1.807) is 12.1 Å². The second-order valence-corrected chi connectivity index (χ2v) is 3.80. The van der Waals surface area contributed by atoms with Crippen molar-refractivity contribution in [1.29, 1.82) is 0 Å². The fourth-order valence-electron chi connectivity index (χ4n) is 1.45. The highest BCUT2D eigenvalue weighted by Gasteiger charge is 2.02. The number of hydrogen-bond acceptors (Lipinski definition) is 4. The van der Waals surface area contributed by atoms with Crippen molar-refractivity contribution in [3.8, 4) is 0 Å². The van der Waals surface area contributed by atoms with Crippen molar-refractivity contribution in [3.05, 3.63) is 70.3 Å². The molecule has 0 aliphatic rings. The first kappa shape index (κ1) is 12.7. The van der Waals surface area contributed by atoms with Crippen molar-refractivity contribution in [2.45, 2.75) is 6.54 Å². The number of nitrogens with zero attached hydrogens (tertiary/aromatic N) is 3. The fourth-order valence-corrected chi connectivity index (χ4v) is 1.45. The molecule has 0 fully saturated rings. The lowest BCUT2D eigenvalue weighted by atomic mass is 10.2. The molecule has 0 spiro atoms. The highest BCUT2D eigenvalue weighted by molar-refractivity contribution is 5.47. The van der Waals surface area contributed by atoms with Crippen molar-refractivity contribution in [3.63, 3.8) is 0 Å². The summed E-state index contributed by atoms with van der Waals surface area (Å²) in [6.45, 7) is 0.487. The van der Waals surface area contributed by atoms with Gasteiger partial charge in [0.2, 0.25) is 0 Å². The molecule has 2 aromatic rings. The minimum atomic E-state index is -0.444. The number of benzene rings is 2. The van der Waals surface area contributed by atoms with E-state index >= 15 is 0 Å². The Bertz CT molecular complexity index is 567. The van der Waals surface area contributed by atoms with Crippen LogP contribution in [0, 0.1) is 10.1 Å². The van der Waals surface area contributed by atoms with Gasteiger partial charge in [0.1, 0.15) is 0 Å². The number of anilines is 1. The average molecular weight is 256 g/mol. The third-order valence-corrected chi connectivity index (χ3v) is 2.42. The van der Waals surface area contributed by atoms with Gasteiger partial charge >= 0.3 is 0 Å². The van der Waals surface area contributed by atoms with Gasteiger partial charge in [0.25, 0.3) is 5.69 Å². The van der Waals surface area contributed by atoms with Crippen LogP contribution >= 0.6 is 0 Å². The van der Waals surface area contributed by atoms with Crippen LogP contribution in [0.1, 0.15) is 5.56 Å². The van der Waals surface area contributed by atoms with E-state index < -0.39 is 4.92 Å². The summed E-state index contributed by atoms with van der Waals surface area (Å²) in [5, 5.41) is 18.3. The zero-order valence-corrected chi connectivity index (χ0v) is 10.1. The summed E-state index contributed by atoms with van der Waals surface area (Å²) in [5.74, 6) is 0. The van der Waals surface area contributed by atoms with Gasteiger partial charge in [-0.05, 0) is 17.7 Å². The molecule has 0 aliphatic carbocycles. The van der Waals surface area contributed by atoms with E-state index in [9.17, 15) is 10.1 Å². The Kier molecular flexibility index (Phi) is 4.17. The minimum absolute atomic E-state index is 0.0479. The van der Waals surface area contributed by atoms with Crippen LogP contribution in [0.4, 0.5) is 11.4 Å². The molecule has 0 bridgehead atoms. The third-order valence-electron chi connectivity index (χ3n) is 2.42. The molecule has 0 atom stereocenters. The molecule has 2 aromatic carbocycles. The van der Waals surface area contributed by atoms with Gasteiger partial charge in [0.15, 0.2) is 0 Å². The first-order valence-corrected chi connectivity index (χ1v) is 5.66. The summed E-state index contributed by atoms with van der Waals surface area (Å²) in [4.78, 5) is 10.0. The summed E-state index contributed by atoms with van der Waals surface area (Å²) in [7, 11) is 0. The minimum Gasteiger partial charge on any atom is -0.260 e. The maximum Gasteiger partial charge on any atom is 0.269 e. The van der Waals surface area contributed by atoms with Gasteiger partial charge in [-0.2, -0.15) is 5.11 Å². The number of rotatable bonds is 5. The van der Waals surface area contributed by atoms with E-state index in [1.807, 2.05) is 30.3 Å². The Balaban J connectivity index is 1.86. The highest BCUT2D eigenvalue weighted by atomic mass is 16.6. The van der Waals surface area contributed by atoms with Crippen molar-refractivity contribution in [2.75, 3.05) is 5.43 Å². The molecule has 96 valence electrons. The molecule has 6 heteroatoms. The maximum absolute atomic E-state index is 10.5. The standard InChI is InChI=1S/C13H12N4O2/c18-17(19)13-8-6-12(7-9-13)15-16-14-10-11-4-2-1-3-5-11/h1-9H,10H2,(H,14,15). The van der Waals surface area contributed by atoms with Crippen LogP contribution in [-0.2, 0) is 6.54 Å². The first-order valence-electron chi connectivity index (χ1n) is 5.66. The second-order valence-electron chi connectivity index (χ2n) is 3.80. The Morgan fingerprint density at radius 1 is 1.05 bits per heavy atom. The molecular weight excluding hydrogens is 244 g/mol. The predicted octanol–water partition coefficient (Wildman–Crippen LogP) is 3.57. The number of nitro groups is 1. The van der Waals surface area contributed by atoms with E-state index in [4.69, 9.17) is 0 Å². The van der Waals surface area contributed by atoms with Crippen LogP contribution in [0.25, 0.3) is 0 Å². The summed E-state index contributed by atoms with van der Waals surface area (Å²) in [5.41, 5.74) is 4.49. The Morgan fingerprint density at radius 2 is 1.74 bits per heavy atom. The lowest BCUT2D eigenvalue weighted by Gasteiger charge is -1.98. The topological polar surface area (TPSA) is 79.9 Å². The van der Waals surface area contributed by atoms with E-state index in [0.29, 0.717) is 12.2 Å². The summed E-state index contributed by atoms with van der Waals surface area (Å²) in [6.07, 6.45) is 0. The molecule has 2 rings (SSSR count). The molecule has 0 unspecified atom stereocenters. The normalized spacial score (nSPS) is 10.5. The van der Waals surface area contributed by atoms with Crippen LogP contribution in [0.2, 0.25) is 0 Å². The van der Waals surface area contributed by atoms with E-state index in [-0.39, 0.29) is 5.69 Å². The lowest BCUT2D eigenvalue weighted by Crippen LogP contribution is -1.90. The van der Waals surface area contributed by atoms with Gasteiger partial charge in [-0.3, -0.25) is 15.5 Å². The van der Waals surface area contributed by atoms with Crippen LogP contribution in [-0.4, -0.2) is 4.92 Å². The molecule has 0 saturated carbocycles. The van der Waals surface area contributed by atoms with Gasteiger partial charge in [0.05, 0.1) is 17.2 Å². The van der Waals surface area contributed by atoms with Crippen LogP contribution in [0.15, 0.2) is 64.9 Å². The van der Waals surface area contributed by atoms with Gasteiger partial charge < -0.3 is 0 Å². The molecule has 19 heavy (non-hydrogen) atoms. The van der Waals surface area contributed by atoms with Crippen LogP contribution in [0.5, 0.6) is 0 Å². The van der Waals surface area contributed by atoms with E-state index in [2.05, 4.69) is 15.8 Å². The highest BCUT2D eigenvalue weighted by Crippen LogP contribution is 2.15. The molecule has 0 saturated heterocycles. The van der Waals surface area contributed by atoms with Crippen molar-refractivity contribution < 1.29 is 4.92 Å². The van der Waals surface area contributed by atoms with Gasteiger partial charge in [0, 0.05) is 12.1 Å². The van der Waals surface area contributed by atoms with Crippen LogP contribution < -0.4 is 5.43 Å². The zero-order chi connectivity index (χ0) is 13.5. The molecule has 0 aromatic heterocycles. The average Bonchev–Trinajstić information content (AvgIpc) is 2.45. The molecule has 0 amide bonds. The Labute approximate surface area is 109 Å². The van der Waals surface area contributed by atoms with Gasteiger partial charge in [-0.15, -0.1) is 0 Å². The fraction of sp³-hybridized carbons (Fsp3) is 0.0769. The van der Waals surface area contributed by atoms with E-state index in [1.165, 1.54) is 12.1 Å². The largest absolute Gasteiger partial charge is 0.269 e. The maximum atomic E-state index is 10.5. The summed E-state index contributed by atoms with van der Waals surface area (Å²) in [6, 6.07) is 15.7. The van der Waals surface area contributed by atoms with Gasteiger partial charge in [-0.25, -0.2) is 0 Å². The second kappa shape index (κ2) is 6.25. The number of nitro benzene ring substituents is 1. The molecule has 0 radical (unpaired) electrons. The monoisotopic (exact) mass is 256 g/mol. The molecular formula is C13H12N4O2. The summed E-state index contributed by atoms with van der Waals surface area (Å²) < 4.78 is 0. The number of non-ortho nitro benzene ring substituents is 1. The zero-order valence-electron chi connectivity index (χ0n) is 10.1. The quantitative estimate of drug-likeness (QED) is 0.504. The smallest absolute Gasteiger partial charge is 0.260 e. The van der Waals surface area contributed by atoms with Crippen molar-refractivity contribution in [2.24, 2.45) is 10.3 Å². The summed E-state index contributed by atoms with van der Waals surface area (Å²) >= 11 is 0. The first-order chi connectivity index (χ1) is 9.25. The molecule has 0 heterocycles. The van der Waals surface area contributed by atoms with E-state index in [0.717, 1.165) is 5.56 Å². The lowest BCUT2D eigenvalue weighted by molar-refractivity contribution is -0.384. The number of hydrogen-bond donors (Lipinski definition) is 1. The SMILES string of the molecule is O=[N+]([O-])c1ccc(NN=NCc2ccccc2)cc1. The third kappa shape index (κ3) is 3.88. The van der Waals surface area contributed by atoms with Crippen LogP contribution in [0.3, 0.4) is 0 Å². The Morgan fingerprint density at radius 3 is 2.37 bits per heavy atom. The molecule has 6 nitrogen and oxygen atoms in total. The molecule has 0 aliphatic heterocycles. The van der Waals surface area contributed by atoms with Gasteiger partial charge in [-0.1, -0.05) is 35.6 Å². The van der Waals surface area contributed by atoms with Crippen molar-refractivity contribution in [1.82, 2.24) is 0 Å². The number of nitrogens with one attached hydrogen (secondary N) is 1. The molecule has 1 N–H and O–H groups in total. The predicted molar refractivity (Wildman–Crippen MR) is 71.7 cm³/mol. The van der Waals surface area contributed by atoms with Crippen molar-refractivity contribution >= 4 is 11.4 Å². The Hall–Kier alpha value is -2.76.